The Balaban J connectivity index is 2.66. The monoisotopic (exact) mass is 129 g/mol. The molecule has 3 N–H and O–H groups in total. The van der Waals surface area contributed by atoms with Crippen LogP contribution in [0.15, 0.2) is 23.4 Å². The van der Waals surface area contributed by atoms with Crippen molar-refractivity contribution in [2.45, 2.75) is 0 Å². The number of dihydropyridines is 1. The van der Waals surface area contributed by atoms with E-state index in [2.05, 4.69) is 5.32 Å². The van der Waals surface area contributed by atoms with Crippen LogP contribution in [-0.4, -0.2) is 0 Å². The second kappa shape index (κ2) is 2.20. The van der Waals surface area contributed by atoms with Crippen LogP contribution in [0.4, 0.5) is 0 Å². The number of hydrogen-bond donors (Lipinski definition) is 2. The Hall–Kier alpha value is -0.470. The molecule has 0 bridgehead atoms. The smallest absolute Gasteiger partial charge is 0.165 e. The SMILES string of the molecule is N[C]1NC=CC=C1Cl. The molecule has 43 valence electrons. The first-order valence-electron chi connectivity index (χ1n) is 2.22. The van der Waals surface area contributed by atoms with E-state index in [-0.39, 0.29) is 0 Å². The third-order valence-corrected chi connectivity index (χ3v) is 1.16. The van der Waals surface area contributed by atoms with Gasteiger partial charge in [-0.15, -0.1) is 0 Å². The van der Waals surface area contributed by atoms with E-state index in [0.717, 1.165) is 0 Å². The molecule has 1 aliphatic rings. The molecule has 0 saturated carbocycles. The molecule has 0 amide bonds. The molecule has 8 heavy (non-hydrogen) atoms. The van der Waals surface area contributed by atoms with Crippen LogP contribution < -0.4 is 11.1 Å². The van der Waals surface area contributed by atoms with Crippen LogP contribution in [0, 0.1) is 6.17 Å². The van der Waals surface area contributed by atoms with E-state index in [0.29, 0.717) is 11.2 Å². The zero-order valence-electron chi connectivity index (χ0n) is 4.19. The molecule has 0 aromatic rings. The summed E-state index contributed by atoms with van der Waals surface area (Å²) in [6.07, 6.45) is 5.75. The second-order valence-corrected chi connectivity index (χ2v) is 1.84. The van der Waals surface area contributed by atoms with Gasteiger partial charge in [-0.3, -0.25) is 0 Å². The highest BCUT2D eigenvalue weighted by molar-refractivity contribution is 6.31. The lowest BCUT2D eigenvalue weighted by atomic mass is 10.3. The lowest BCUT2D eigenvalue weighted by molar-refractivity contribution is 0.884. The van der Waals surface area contributed by atoms with Crippen LogP contribution in [0.2, 0.25) is 0 Å². The number of allylic oxidation sites excluding steroid dienone is 2. The molecule has 1 radical (unpaired) electrons. The van der Waals surface area contributed by atoms with E-state index in [4.69, 9.17) is 17.3 Å². The van der Waals surface area contributed by atoms with Gasteiger partial charge in [-0.2, -0.15) is 0 Å². The summed E-state index contributed by atoms with van der Waals surface area (Å²) < 4.78 is 0. The zero-order chi connectivity index (χ0) is 5.98. The lowest BCUT2D eigenvalue weighted by Crippen LogP contribution is -2.25. The Labute approximate surface area is 53.0 Å². The van der Waals surface area contributed by atoms with Crippen molar-refractivity contribution < 1.29 is 0 Å². The fourth-order valence-electron chi connectivity index (χ4n) is 0.429. The normalized spacial score (nSPS) is 20.0. The van der Waals surface area contributed by atoms with Gasteiger partial charge >= 0.3 is 0 Å². The third-order valence-electron chi connectivity index (χ3n) is 0.835. The van der Waals surface area contributed by atoms with Crippen molar-refractivity contribution in [3.8, 4) is 0 Å². The first kappa shape index (κ1) is 5.66. The fourth-order valence-corrected chi connectivity index (χ4v) is 0.557. The first-order chi connectivity index (χ1) is 3.80. The van der Waals surface area contributed by atoms with Gasteiger partial charge in [0.15, 0.2) is 6.17 Å². The molecule has 0 aromatic carbocycles. The van der Waals surface area contributed by atoms with Gasteiger partial charge in [-0.05, 0) is 18.4 Å². The summed E-state index contributed by atoms with van der Waals surface area (Å²) in [6.45, 7) is 0. The number of nitrogens with two attached hydrogens (primary N) is 1. The van der Waals surface area contributed by atoms with Crippen LogP contribution >= 0.6 is 11.6 Å². The van der Waals surface area contributed by atoms with E-state index >= 15 is 0 Å². The Bertz CT molecular complexity index is 139. The number of halogens is 1. The molecular weight excluding hydrogens is 124 g/mol. The summed E-state index contributed by atoms with van der Waals surface area (Å²) in [5.41, 5.74) is 5.33. The minimum Gasteiger partial charge on any atom is -0.366 e. The Morgan fingerprint density at radius 1 is 1.62 bits per heavy atom. The van der Waals surface area contributed by atoms with Crippen molar-refractivity contribution in [2.75, 3.05) is 0 Å². The topological polar surface area (TPSA) is 38.0 Å². The highest BCUT2D eigenvalue weighted by Gasteiger charge is 2.05. The van der Waals surface area contributed by atoms with Crippen molar-refractivity contribution in [3.05, 3.63) is 29.6 Å². The average Bonchev–Trinajstić information content (AvgIpc) is 1.77. The number of rotatable bonds is 0. The molecule has 1 aliphatic heterocycles. The maximum Gasteiger partial charge on any atom is 0.165 e. The fraction of sp³-hybridized carbons (Fsp3) is 0. The van der Waals surface area contributed by atoms with Gasteiger partial charge in [0.2, 0.25) is 0 Å². The van der Waals surface area contributed by atoms with Crippen molar-refractivity contribution >= 4 is 11.6 Å². The maximum absolute atomic E-state index is 5.55. The Morgan fingerprint density at radius 2 is 2.38 bits per heavy atom. The number of hydrogen-bond acceptors (Lipinski definition) is 2. The predicted octanol–water partition coefficient (Wildman–Crippen LogP) is 0.674. The molecule has 3 heteroatoms. The molecule has 1 rings (SSSR count). The lowest BCUT2D eigenvalue weighted by Gasteiger charge is -2.10. The molecule has 0 fully saturated rings. The van der Waals surface area contributed by atoms with Crippen molar-refractivity contribution in [1.29, 1.82) is 0 Å². The van der Waals surface area contributed by atoms with Crippen molar-refractivity contribution in [2.24, 2.45) is 5.73 Å². The average molecular weight is 130 g/mol. The van der Waals surface area contributed by atoms with Crippen molar-refractivity contribution in [1.82, 2.24) is 5.32 Å². The molecule has 0 aliphatic carbocycles. The van der Waals surface area contributed by atoms with Crippen LogP contribution in [-0.2, 0) is 0 Å². The molecule has 0 spiro atoms. The minimum atomic E-state index is 0.508. The Morgan fingerprint density at radius 3 is 2.75 bits per heavy atom. The largest absolute Gasteiger partial charge is 0.366 e. The molecule has 1 heterocycles. The van der Waals surface area contributed by atoms with Gasteiger partial charge in [0.25, 0.3) is 0 Å². The summed E-state index contributed by atoms with van der Waals surface area (Å²) in [4.78, 5) is 0. The quantitative estimate of drug-likeness (QED) is 0.505. The zero-order valence-corrected chi connectivity index (χ0v) is 4.94. The van der Waals surface area contributed by atoms with Crippen LogP contribution in [0.25, 0.3) is 0 Å². The van der Waals surface area contributed by atoms with E-state index in [1.54, 1.807) is 18.4 Å². The van der Waals surface area contributed by atoms with E-state index in [9.17, 15) is 0 Å². The van der Waals surface area contributed by atoms with Gasteiger partial charge in [-0.1, -0.05) is 11.6 Å². The third kappa shape index (κ3) is 1.02. The summed E-state index contributed by atoms with van der Waals surface area (Å²) in [5.74, 6) is 0. The van der Waals surface area contributed by atoms with Gasteiger partial charge in [0.1, 0.15) is 0 Å². The summed E-state index contributed by atoms with van der Waals surface area (Å²) >= 11 is 5.55. The summed E-state index contributed by atoms with van der Waals surface area (Å²) in [5, 5.41) is 3.31. The van der Waals surface area contributed by atoms with Crippen LogP contribution in [0.1, 0.15) is 0 Å². The Kier molecular flexibility index (Phi) is 1.56. The standard InChI is InChI=1S/C5H6ClN2/c6-4-2-1-3-8-5(4)7/h1-3,8H,7H2. The number of nitrogens with one attached hydrogen (secondary N) is 1. The molecule has 0 unspecified atom stereocenters. The highest BCUT2D eigenvalue weighted by Crippen LogP contribution is 2.11. The van der Waals surface area contributed by atoms with Crippen LogP contribution in [0.5, 0.6) is 0 Å². The van der Waals surface area contributed by atoms with Gasteiger partial charge in [-0.25, -0.2) is 0 Å². The van der Waals surface area contributed by atoms with Gasteiger partial charge in [0, 0.05) is 0 Å². The molecule has 0 atom stereocenters. The van der Waals surface area contributed by atoms with Crippen molar-refractivity contribution in [3.63, 3.8) is 0 Å². The predicted molar refractivity (Wildman–Crippen MR) is 33.6 cm³/mol. The highest BCUT2D eigenvalue weighted by atomic mass is 35.5. The van der Waals surface area contributed by atoms with E-state index in [1.165, 1.54) is 0 Å². The minimum absolute atomic E-state index is 0.508. The van der Waals surface area contributed by atoms with E-state index in [1.807, 2.05) is 0 Å². The van der Waals surface area contributed by atoms with E-state index < -0.39 is 0 Å². The molecule has 0 saturated heterocycles. The van der Waals surface area contributed by atoms with Crippen LogP contribution in [0.3, 0.4) is 0 Å². The van der Waals surface area contributed by atoms with Gasteiger partial charge < -0.3 is 11.1 Å². The van der Waals surface area contributed by atoms with Gasteiger partial charge in [0.05, 0.1) is 5.03 Å². The summed E-state index contributed by atoms with van der Waals surface area (Å²) in [7, 11) is 0. The second-order valence-electron chi connectivity index (χ2n) is 1.43. The molecule has 0 aromatic heterocycles. The maximum atomic E-state index is 5.55. The molecule has 2 nitrogen and oxygen atoms in total. The first-order valence-corrected chi connectivity index (χ1v) is 2.60. The summed E-state index contributed by atoms with van der Waals surface area (Å²) in [6, 6.07) is 0. The molecular formula is C5H6ClN2.